The van der Waals surface area contributed by atoms with Crippen LogP contribution in [0, 0.1) is 11.6 Å². The van der Waals surface area contributed by atoms with E-state index in [1.54, 1.807) is 36.4 Å². The van der Waals surface area contributed by atoms with E-state index in [-0.39, 0.29) is 52.7 Å². The molecule has 0 unspecified atom stereocenters. The van der Waals surface area contributed by atoms with Gasteiger partial charge in [-0.25, -0.2) is 13.3 Å². The summed E-state index contributed by atoms with van der Waals surface area (Å²) in [5, 5.41) is 0. The molecule has 4 nitrogen and oxygen atoms in total. The summed E-state index contributed by atoms with van der Waals surface area (Å²) >= 11 is 2.75. The Morgan fingerprint density at radius 1 is 0.714 bits per heavy atom. The number of phosphoric ester groups is 1. The van der Waals surface area contributed by atoms with Crippen molar-refractivity contribution in [2.45, 2.75) is 46.3 Å². The van der Waals surface area contributed by atoms with E-state index >= 15 is 0 Å². The molecule has 2 heterocycles. The molecular formula is C32H24F2NaO4PS2. The third-order valence-electron chi connectivity index (χ3n) is 6.85. The molecule has 0 saturated heterocycles. The van der Waals surface area contributed by atoms with Gasteiger partial charge in [0.15, 0.2) is 0 Å². The third-order valence-corrected chi connectivity index (χ3v) is 10.2. The Hall–Kier alpha value is -2.29. The molecule has 208 valence electrons. The van der Waals surface area contributed by atoms with Gasteiger partial charge in [0, 0.05) is 30.7 Å². The quantitative estimate of drug-likeness (QED) is 0.187. The van der Waals surface area contributed by atoms with Gasteiger partial charge in [0.2, 0.25) is 0 Å². The Morgan fingerprint density at radius 2 is 1.14 bits per heavy atom. The molecule has 0 amide bonds. The van der Waals surface area contributed by atoms with Gasteiger partial charge in [0.05, 0.1) is 0 Å². The number of phosphoric acid groups is 1. The topological polar surface area (TPSA) is 58.6 Å². The molecule has 0 aromatic heterocycles. The first kappa shape index (κ1) is 31.1. The van der Waals surface area contributed by atoms with Crippen molar-refractivity contribution in [3.63, 3.8) is 0 Å². The van der Waals surface area contributed by atoms with Crippen LogP contribution in [-0.2, 0) is 26.5 Å². The second-order valence-corrected chi connectivity index (χ2v) is 12.9. The first-order chi connectivity index (χ1) is 19.7. The Balaban J connectivity index is 0.00000353. The van der Waals surface area contributed by atoms with Crippen LogP contribution in [0.5, 0.6) is 0 Å². The SMILES string of the molecule is CCc1cccc2c1Sc1cc(F)ccc1C=C2OP(=O)([O-])OC1=Cc2ccc(F)cc2Sc2c(CC)cccc21.[Na+]. The van der Waals surface area contributed by atoms with Gasteiger partial charge >= 0.3 is 37.4 Å². The van der Waals surface area contributed by atoms with E-state index in [9.17, 15) is 18.2 Å². The van der Waals surface area contributed by atoms with E-state index in [2.05, 4.69) is 0 Å². The summed E-state index contributed by atoms with van der Waals surface area (Å²) in [6.07, 6.45) is 4.58. The number of aryl methyl sites for hydroxylation is 2. The minimum Gasteiger partial charge on any atom is -0.736 e. The molecule has 0 N–H and O–H groups in total. The average Bonchev–Trinajstić information content (AvgIpc) is 3.19. The molecule has 2 aliphatic rings. The second kappa shape index (κ2) is 12.7. The fraction of sp³-hybridized carbons (Fsp3) is 0.125. The van der Waals surface area contributed by atoms with Crippen LogP contribution in [0.15, 0.2) is 92.4 Å². The molecule has 0 saturated carbocycles. The normalized spacial score (nSPS) is 13.5. The Morgan fingerprint density at radius 3 is 1.55 bits per heavy atom. The third kappa shape index (κ3) is 6.31. The molecule has 2 aliphatic heterocycles. The van der Waals surface area contributed by atoms with Gasteiger partial charge in [-0.1, -0.05) is 85.9 Å². The van der Waals surface area contributed by atoms with Crippen molar-refractivity contribution in [1.82, 2.24) is 0 Å². The van der Waals surface area contributed by atoms with Crippen LogP contribution < -0.4 is 34.5 Å². The zero-order chi connectivity index (χ0) is 28.7. The van der Waals surface area contributed by atoms with Crippen LogP contribution in [0.2, 0.25) is 0 Å². The van der Waals surface area contributed by atoms with Gasteiger partial charge in [-0.05, 0) is 71.5 Å². The van der Waals surface area contributed by atoms with Crippen LogP contribution >= 0.6 is 31.3 Å². The van der Waals surface area contributed by atoms with Crippen LogP contribution in [-0.4, -0.2) is 0 Å². The molecule has 0 aliphatic carbocycles. The predicted octanol–water partition coefficient (Wildman–Crippen LogP) is 6.22. The maximum Gasteiger partial charge on any atom is 1.00 e. The standard InChI is InChI=1S/C32H25F2O4PS2.Na/c1-3-19-7-5-9-25-27(15-21-11-13-23(33)17-29(21)40-31(19)25)37-39(35,36)38-28-16-22-12-14-24(34)18-30(22)41-32-20(4-2)8-6-10-26(28)32;/h5-18H,3-4H2,1-2H3,(H,35,36);/q;+1/p-1. The van der Waals surface area contributed by atoms with Crippen molar-refractivity contribution >= 4 is 55.0 Å². The number of hydrogen-bond acceptors (Lipinski definition) is 6. The summed E-state index contributed by atoms with van der Waals surface area (Å²) in [6.45, 7) is 4.00. The Bertz CT molecular complexity index is 1680. The van der Waals surface area contributed by atoms with E-state index in [0.717, 1.165) is 20.9 Å². The molecule has 10 heteroatoms. The molecule has 4 aromatic rings. The van der Waals surface area contributed by atoms with Crippen LogP contribution in [0.4, 0.5) is 8.78 Å². The van der Waals surface area contributed by atoms with Crippen molar-refractivity contribution in [2.24, 2.45) is 0 Å². The molecular weight excluding hydrogens is 604 g/mol. The van der Waals surface area contributed by atoms with Gasteiger partial charge < -0.3 is 13.9 Å². The Labute approximate surface area is 274 Å². The zero-order valence-electron chi connectivity index (χ0n) is 23.1. The van der Waals surface area contributed by atoms with Gasteiger partial charge in [-0.15, -0.1) is 0 Å². The van der Waals surface area contributed by atoms with E-state index < -0.39 is 7.82 Å². The summed E-state index contributed by atoms with van der Waals surface area (Å²) in [7, 11) is -5.02. The minimum atomic E-state index is -5.02. The maximum atomic E-state index is 14.1. The second-order valence-electron chi connectivity index (χ2n) is 9.51. The molecule has 0 bridgehead atoms. The van der Waals surface area contributed by atoms with Gasteiger partial charge in [-0.3, -0.25) is 0 Å². The number of halogens is 2. The van der Waals surface area contributed by atoms with E-state index in [1.807, 2.05) is 38.1 Å². The first-order valence-electron chi connectivity index (χ1n) is 13.1. The molecule has 0 fully saturated rings. The van der Waals surface area contributed by atoms with E-state index in [0.29, 0.717) is 44.9 Å². The van der Waals surface area contributed by atoms with E-state index in [4.69, 9.17) is 9.05 Å². The van der Waals surface area contributed by atoms with Crippen molar-refractivity contribution in [1.29, 1.82) is 0 Å². The molecule has 0 atom stereocenters. The van der Waals surface area contributed by atoms with Crippen molar-refractivity contribution < 1.29 is 56.8 Å². The zero-order valence-corrected chi connectivity index (χ0v) is 27.7. The van der Waals surface area contributed by atoms with Crippen molar-refractivity contribution in [3.8, 4) is 0 Å². The van der Waals surface area contributed by atoms with Crippen molar-refractivity contribution in [3.05, 3.63) is 118 Å². The summed E-state index contributed by atoms with van der Waals surface area (Å²) in [5.74, 6) is -0.600. The van der Waals surface area contributed by atoms with Crippen LogP contribution in [0.25, 0.3) is 23.7 Å². The number of fused-ring (bicyclic) bond motifs is 4. The molecule has 6 rings (SSSR count). The summed E-state index contributed by atoms with van der Waals surface area (Å²) < 4.78 is 53.3. The fourth-order valence-electron chi connectivity index (χ4n) is 4.86. The van der Waals surface area contributed by atoms with Crippen LogP contribution in [0.3, 0.4) is 0 Å². The van der Waals surface area contributed by atoms with Gasteiger partial charge in [-0.2, -0.15) is 0 Å². The number of benzene rings is 4. The minimum absolute atomic E-state index is 0. The number of rotatable bonds is 6. The first-order valence-corrected chi connectivity index (χ1v) is 16.2. The Kier molecular flexibility index (Phi) is 9.45. The maximum absolute atomic E-state index is 14.1. The largest absolute Gasteiger partial charge is 1.00 e. The van der Waals surface area contributed by atoms with Crippen LogP contribution in [0.1, 0.15) is 47.2 Å². The molecule has 4 aromatic carbocycles. The average molecular weight is 629 g/mol. The van der Waals surface area contributed by atoms with Gasteiger partial charge in [0.1, 0.15) is 23.2 Å². The smallest absolute Gasteiger partial charge is 0.736 e. The van der Waals surface area contributed by atoms with E-state index in [1.165, 1.54) is 47.8 Å². The predicted molar refractivity (Wildman–Crippen MR) is 158 cm³/mol. The molecule has 42 heavy (non-hydrogen) atoms. The summed E-state index contributed by atoms with van der Waals surface area (Å²) in [6, 6.07) is 19.9. The number of hydrogen-bond donors (Lipinski definition) is 0. The molecule has 0 spiro atoms. The molecule has 0 radical (unpaired) electrons. The van der Waals surface area contributed by atoms with Gasteiger partial charge in [0.25, 0.3) is 0 Å². The van der Waals surface area contributed by atoms with Crippen molar-refractivity contribution in [2.75, 3.05) is 0 Å². The summed E-state index contributed by atoms with van der Waals surface area (Å²) in [4.78, 5) is 16.5. The summed E-state index contributed by atoms with van der Waals surface area (Å²) in [5.41, 5.74) is 4.37. The monoisotopic (exact) mass is 628 g/mol. The fourth-order valence-corrected chi connectivity index (χ4v) is 8.19.